The lowest BCUT2D eigenvalue weighted by Gasteiger charge is -2.27. The average molecular weight is 180 g/mol. The second-order valence-electron chi connectivity index (χ2n) is 4.16. The summed E-state index contributed by atoms with van der Waals surface area (Å²) in [5.41, 5.74) is 1.68. The smallest absolute Gasteiger partial charge is 0.0168 e. The van der Waals surface area contributed by atoms with Crippen molar-refractivity contribution in [3.05, 3.63) is 11.6 Å². The van der Waals surface area contributed by atoms with E-state index < -0.39 is 0 Å². The molecule has 1 saturated heterocycles. The van der Waals surface area contributed by atoms with E-state index in [1.54, 1.807) is 5.57 Å². The zero-order chi connectivity index (χ0) is 9.10. The highest BCUT2D eigenvalue weighted by atomic mass is 14.9. The number of nitrogens with one attached hydrogen (secondary N) is 2. The fourth-order valence-electron chi connectivity index (χ4n) is 2.59. The summed E-state index contributed by atoms with van der Waals surface area (Å²) in [6.07, 6.45) is 5.12. The van der Waals surface area contributed by atoms with E-state index in [2.05, 4.69) is 23.6 Å². The normalized spacial score (nSPS) is 32.8. The van der Waals surface area contributed by atoms with Crippen LogP contribution in [0, 0.1) is 11.8 Å². The lowest BCUT2D eigenvalue weighted by molar-refractivity contribution is 0.344. The van der Waals surface area contributed by atoms with E-state index in [1.807, 2.05) is 0 Å². The van der Waals surface area contributed by atoms with Crippen molar-refractivity contribution < 1.29 is 0 Å². The third kappa shape index (κ3) is 1.94. The van der Waals surface area contributed by atoms with Crippen LogP contribution in [0.2, 0.25) is 0 Å². The van der Waals surface area contributed by atoms with Crippen molar-refractivity contribution in [3.63, 3.8) is 0 Å². The molecule has 0 bridgehead atoms. The second-order valence-corrected chi connectivity index (χ2v) is 4.16. The summed E-state index contributed by atoms with van der Waals surface area (Å²) < 4.78 is 0. The van der Waals surface area contributed by atoms with Gasteiger partial charge in [-0.2, -0.15) is 0 Å². The standard InChI is InChI=1S/C11H20N2/c1-2-12-6-9-4-3-5-10-7-13-8-11(9)10/h5,9,11-13H,2-4,6-8H2,1H3. The Morgan fingerprint density at radius 1 is 1.62 bits per heavy atom. The van der Waals surface area contributed by atoms with Crippen LogP contribution in [0.4, 0.5) is 0 Å². The first-order valence-corrected chi connectivity index (χ1v) is 5.52. The van der Waals surface area contributed by atoms with Crippen molar-refractivity contribution in [1.82, 2.24) is 10.6 Å². The minimum atomic E-state index is 0.841. The molecule has 1 fully saturated rings. The molecular formula is C11H20N2. The molecule has 1 aliphatic carbocycles. The fourth-order valence-corrected chi connectivity index (χ4v) is 2.59. The van der Waals surface area contributed by atoms with Crippen LogP contribution in [0.3, 0.4) is 0 Å². The second kappa shape index (κ2) is 4.25. The maximum absolute atomic E-state index is 3.48. The van der Waals surface area contributed by atoms with Gasteiger partial charge in [-0.25, -0.2) is 0 Å². The molecule has 0 spiro atoms. The Kier molecular flexibility index (Phi) is 3.01. The highest BCUT2D eigenvalue weighted by Crippen LogP contribution is 2.32. The Labute approximate surface area is 80.8 Å². The molecule has 2 unspecified atom stereocenters. The predicted molar refractivity (Wildman–Crippen MR) is 55.7 cm³/mol. The Balaban J connectivity index is 1.93. The highest BCUT2D eigenvalue weighted by Gasteiger charge is 2.30. The maximum Gasteiger partial charge on any atom is 0.0168 e. The SMILES string of the molecule is CCNCC1CCC=C2CNCC21. The Morgan fingerprint density at radius 3 is 3.38 bits per heavy atom. The van der Waals surface area contributed by atoms with Gasteiger partial charge in [0.05, 0.1) is 0 Å². The van der Waals surface area contributed by atoms with E-state index in [-0.39, 0.29) is 0 Å². The molecule has 2 aliphatic rings. The monoisotopic (exact) mass is 180 g/mol. The van der Waals surface area contributed by atoms with Crippen molar-refractivity contribution in [2.75, 3.05) is 26.2 Å². The van der Waals surface area contributed by atoms with Gasteiger partial charge in [-0.1, -0.05) is 18.6 Å². The molecule has 0 aromatic heterocycles. The Bertz CT molecular complexity index is 198. The fraction of sp³-hybridized carbons (Fsp3) is 0.818. The van der Waals surface area contributed by atoms with Crippen molar-refractivity contribution in [2.45, 2.75) is 19.8 Å². The molecule has 74 valence electrons. The largest absolute Gasteiger partial charge is 0.317 e. The quantitative estimate of drug-likeness (QED) is 0.637. The van der Waals surface area contributed by atoms with E-state index in [9.17, 15) is 0 Å². The lowest BCUT2D eigenvalue weighted by Crippen LogP contribution is -2.31. The Hall–Kier alpha value is -0.340. The summed E-state index contributed by atoms with van der Waals surface area (Å²) in [7, 11) is 0. The van der Waals surface area contributed by atoms with E-state index in [0.717, 1.165) is 24.9 Å². The molecule has 1 aliphatic heterocycles. The molecule has 0 aromatic carbocycles. The van der Waals surface area contributed by atoms with Gasteiger partial charge in [0.15, 0.2) is 0 Å². The van der Waals surface area contributed by atoms with Crippen LogP contribution >= 0.6 is 0 Å². The zero-order valence-corrected chi connectivity index (χ0v) is 8.47. The first kappa shape index (κ1) is 9.22. The van der Waals surface area contributed by atoms with Crippen molar-refractivity contribution in [2.24, 2.45) is 11.8 Å². The number of fused-ring (bicyclic) bond motifs is 1. The lowest BCUT2D eigenvalue weighted by atomic mass is 9.80. The number of rotatable bonds is 3. The van der Waals surface area contributed by atoms with Gasteiger partial charge in [0.2, 0.25) is 0 Å². The third-order valence-electron chi connectivity index (χ3n) is 3.34. The van der Waals surface area contributed by atoms with Crippen LogP contribution in [0.25, 0.3) is 0 Å². The molecule has 0 amide bonds. The van der Waals surface area contributed by atoms with Crippen LogP contribution in [0.15, 0.2) is 11.6 Å². The summed E-state index contributed by atoms with van der Waals surface area (Å²) in [6, 6.07) is 0. The van der Waals surface area contributed by atoms with Crippen molar-refractivity contribution in [1.29, 1.82) is 0 Å². The van der Waals surface area contributed by atoms with Gasteiger partial charge in [0.1, 0.15) is 0 Å². The van der Waals surface area contributed by atoms with Gasteiger partial charge in [-0.3, -0.25) is 0 Å². The van der Waals surface area contributed by atoms with Crippen LogP contribution < -0.4 is 10.6 Å². The van der Waals surface area contributed by atoms with Crippen molar-refractivity contribution >= 4 is 0 Å². The molecule has 2 heteroatoms. The summed E-state index contributed by atoms with van der Waals surface area (Å²) in [5.74, 6) is 1.72. The summed E-state index contributed by atoms with van der Waals surface area (Å²) in [6.45, 7) is 6.86. The maximum atomic E-state index is 3.48. The van der Waals surface area contributed by atoms with Gasteiger partial charge in [-0.05, 0) is 37.8 Å². The molecule has 0 saturated carbocycles. The number of allylic oxidation sites excluding steroid dienone is 1. The molecule has 2 nitrogen and oxygen atoms in total. The Morgan fingerprint density at radius 2 is 2.54 bits per heavy atom. The molecule has 2 atom stereocenters. The summed E-state index contributed by atoms with van der Waals surface area (Å²) >= 11 is 0. The molecule has 0 radical (unpaired) electrons. The molecule has 13 heavy (non-hydrogen) atoms. The van der Waals surface area contributed by atoms with Crippen LogP contribution in [-0.4, -0.2) is 26.2 Å². The zero-order valence-electron chi connectivity index (χ0n) is 8.47. The van der Waals surface area contributed by atoms with E-state index in [0.29, 0.717) is 0 Å². The average Bonchev–Trinajstić information content (AvgIpc) is 2.62. The highest BCUT2D eigenvalue weighted by molar-refractivity contribution is 5.18. The van der Waals surface area contributed by atoms with Gasteiger partial charge < -0.3 is 10.6 Å². The van der Waals surface area contributed by atoms with Crippen LogP contribution in [0.5, 0.6) is 0 Å². The van der Waals surface area contributed by atoms with E-state index >= 15 is 0 Å². The molecule has 1 heterocycles. The summed E-state index contributed by atoms with van der Waals surface area (Å²) in [5, 5.41) is 6.95. The number of hydrogen-bond acceptors (Lipinski definition) is 2. The molecule has 2 rings (SSSR count). The molecule has 0 aromatic rings. The van der Waals surface area contributed by atoms with Crippen LogP contribution in [0.1, 0.15) is 19.8 Å². The van der Waals surface area contributed by atoms with Gasteiger partial charge >= 0.3 is 0 Å². The number of hydrogen-bond donors (Lipinski definition) is 2. The first-order valence-electron chi connectivity index (χ1n) is 5.52. The van der Waals surface area contributed by atoms with Gasteiger partial charge in [-0.15, -0.1) is 0 Å². The molecular weight excluding hydrogens is 160 g/mol. The van der Waals surface area contributed by atoms with Crippen molar-refractivity contribution in [3.8, 4) is 0 Å². The predicted octanol–water partition coefficient (Wildman–Crippen LogP) is 1.15. The molecule has 2 N–H and O–H groups in total. The van der Waals surface area contributed by atoms with Crippen LogP contribution in [-0.2, 0) is 0 Å². The third-order valence-corrected chi connectivity index (χ3v) is 3.34. The minimum absolute atomic E-state index is 0.841. The van der Waals surface area contributed by atoms with E-state index in [1.165, 1.54) is 25.9 Å². The van der Waals surface area contributed by atoms with Gasteiger partial charge in [0, 0.05) is 13.1 Å². The first-order chi connectivity index (χ1) is 6.42. The van der Waals surface area contributed by atoms with E-state index in [4.69, 9.17) is 0 Å². The summed E-state index contributed by atoms with van der Waals surface area (Å²) in [4.78, 5) is 0. The topological polar surface area (TPSA) is 24.1 Å². The van der Waals surface area contributed by atoms with Gasteiger partial charge in [0.25, 0.3) is 0 Å². The minimum Gasteiger partial charge on any atom is -0.317 e.